The van der Waals surface area contributed by atoms with Gasteiger partial charge in [0.25, 0.3) is 0 Å². The van der Waals surface area contributed by atoms with Crippen molar-refractivity contribution in [1.82, 2.24) is 0 Å². The molecule has 0 saturated heterocycles. The van der Waals surface area contributed by atoms with Gasteiger partial charge in [-0.05, 0) is 64.2 Å². The molecule has 0 bridgehead atoms. The van der Waals surface area contributed by atoms with Crippen LogP contribution in [0.1, 0.15) is 367 Å². The van der Waals surface area contributed by atoms with Gasteiger partial charge in [-0.2, -0.15) is 0 Å². The first kappa shape index (κ1) is 76.1. The predicted molar refractivity (Wildman–Crippen MR) is 344 cm³/mol. The van der Waals surface area contributed by atoms with E-state index in [2.05, 4.69) is 81.5 Å². The molecule has 6 heteroatoms. The van der Waals surface area contributed by atoms with Gasteiger partial charge in [0.15, 0.2) is 6.10 Å². The van der Waals surface area contributed by atoms with Crippen molar-refractivity contribution in [3.63, 3.8) is 0 Å². The van der Waals surface area contributed by atoms with Gasteiger partial charge in [-0.15, -0.1) is 0 Å². The van der Waals surface area contributed by atoms with E-state index in [4.69, 9.17) is 14.2 Å². The Morgan fingerprint density at radius 3 is 0.772 bits per heavy atom. The van der Waals surface area contributed by atoms with E-state index in [9.17, 15) is 14.4 Å². The topological polar surface area (TPSA) is 78.9 Å². The highest BCUT2D eigenvalue weighted by molar-refractivity contribution is 5.71. The number of rotatable bonds is 64. The summed E-state index contributed by atoms with van der Waals surface area (Å²) in [7, 11) is 0. The molecule has 0 aliphatic rings. The fourth-order valence-corrected chi connectivity index (χ4v) is 10.4. The molecule has 0 aromatic carbocycles. The zero-order valence-corrected chi connectivity index (χ0v) is 52.9. The molecule has 0 aliphatic heterocycles. The lowest BCUT2D eigenvalue weighted by Gasteiger charge is -2.18. The number of ether oxygens (including phenoxy) is 3. The molecule has 460 valence electrons. The van der Waals surface area contributed by atoms with Crippen LogP contribution in [0, 0.1) is 0 Å². The van der Waals surface area contributed by atoms with Crippen molar-refractivity contribution < 1.29 is 28.6 Å². The maximum atomic E-state index is 13.0. The van der Waals surface area contributed by atoms with Crippen LogP contribution in [0.15, 0.2) is 60.8 Å². The maximum absolute atomic E-state index is 13.0. The summed E-state index contributed by atoms with van der Waals surface area (Å²) in [5.41, 5.74) is 0. The Morgan fingerprint density at radius 2 is 0.494 bits per heavy atom. The molecule has 1 atom stereocenters. The third-order valence-corrected chi connectivity index (χ3v) is 15.5. The van der Waals surface area contributed by atoms with E-state index in [0.29, 0.717) is 19.3 Å². The third kappa shape index (κ3) is 65.8. The summed E-state index contributed by atoms with van der Waals surface area (Å²) in [4.78, 5) is 38.5. The molecule has 0 radical (unpaired) electrons. The van der Waals surface area contributed by atoms with E-state index in [1.165, 1.54) is 231 Å². The highest BCUT2D eigenvalue weighted by Gasteiger charge is 2.19. The number of hydrogen-bond donors (Lipinski definition) is 0. The summed E-state index contributed by atoms with van der Waals surface area (Å²) >= 11 is 0. The maximum Gasteiger partial charge on any atom is 0.306 e. The van der Waals surface area contributed by atoms with Gasteiger partial charge in [0.1, 0.15) is 13.2 Å². The molecular weight excluding hydrogens is 973 g/mol. The number of allylic oxidation sites excluding steroid dienone is 10. The smallest absolute Gasteiger partial charge is 0.306 e. The van der Waals surface area contributed by atoms with Gasteiger partial charge in [0, 0.05) is 19.3 Å². The normalized spacial score (nSPS) is 12.4. The molecular formula is C73H132O6. The van der Waals surface area contributed by atoms with Gasteiger partial charge in [0.2, 0.25) is 0 Å². The number of esters is 3. The molecule has 0 spiro atoms. The van der Waals surface area contributed by atoms with E-state index < -0.39 is 6.10 Å². The van der Waals surface area contributed by atoms with Crippen molar-refractivity contribution in [1.29, 1.82) is 0 Å². The lowest BCUT2D eigenvalue weighted by atomic mass is 10.0. The number of unbranched alkanes of at least 4 members (excludes halogenated alkanes) is 43. The lowest BCUT2D eigenvalue weighted by molar-refractivity contribution is -0.167. The van der Waals surface area contributed by atoms with Crippen LogP contribution in [-0.4, -0.2) is 37.2 Å². The number of carbonyl (C=O) groups is 3. The molecule has 0 amide bonds. The number of carbonyl (C=O) groups excluding carboxylic acids is 3. The first-order chi connectivity index (χ1) is 39.0. The minimum atomic E-state index is -0.777. The quantitative estimate of drug-likeness (QED) is 0.0261. The molecule has 0 aromatic rings. The molecule has 0 aliphatic carbocycles. The van der Waals surface area contributed by atoms with E-state index >= 15 is 0 Å². The van der Waals surface area contributed by atoms with Crippen molar-refractivity contribution in [3.05, 3.63) is 60.8 Å². The third-order valence-electron chi connectivity index (χ3n) is 15.5. The highest BCUT2D eigenvalue weighted by atomic mass is 16.6. The summed E-state index contributed by atoms with van der Waals surface area (Å²) in [5.74, 6) is -0.856. The van der Waals surface area contributed by atoms with Gasteiger partial charge in [-0.25, -0.2) is 0 Å². The van der Waals surface area contributed by atoms with Crippen LogP contribution in [-0.2, 0) is 28.6 Å². The Labute approximate surface area is 491 Å². The second-order valence-electron chi connectivity index (χ2n) is 23.4. The van der Waals surface area contributed by atoms with Crippen LogP contribution in [0.3, 0.4) is 0 Å². The van der Waals surface area contributed by atoms with Crippen LogP contribution < -0.4 is 0 Å². The summed E-state index contributed by atoms with van der Waals surface area (Å²) in [5, 5.41) is 0. The second kappa shape index (κ2) is 67.6. The molecule has 79 heavy (non-hydrogen) atoms. The van der Waals surface area contributed by atoms with Crippen molar-refractivity contribution in [2.24, 2.45) is 0 Å². The fraction of sp³-hybridized carbons (Fsp3) is 0.822. The molecule has 0 saturated carbocycles. The van der Waals surface area contributed by atoms with Gasteiger partial charge in [-0.3, -0.25) is 14.4 Å². The molecule has 0 heterocycles. The van der Waals surface area contributed by atoms with Gasteiger partial charge >= 0.3 is 17.9 Å². The summed E-state index contributed by atoms with van der Waals surface area (Å²) in [6.45, 7) is 6.59. The zero-order chi connectivity index (χ0) is 57.1. The molecule has 0 rings (SSSR count). The SMILES string of the molecule is CC/C=C\C/C=C\C/C=C\C/C=C\C/C=C\CCCCCCCCCC(=O)OCC(COC(=O)CCCCCCCCCCCCCCCCCCCC)OC(=O)CCCCCCCCCCCCCCCCCCCCCC. The summed E-state index contributed by atoms with van der Waals surface area (Å²) in [6.07, 6.45) is 86.6. The summed E-state index contributed by atoms with van der Waals surface area (Å²) < 4.78 is 17.0. The Bertz CT molecular complexity index is 1410. The molecule has 1 unspecified atom stereocenters. The van der Waals surface area contributed by atoms with Crippen LogP contribution in [0.2, 0.25) is 0 Å². The van der Waals surface area contributed by atoms with Crippen molar-refractivity contribution in [3.8, 4) is 0 Å². The Kier molecular flexibility index (Phi) is 65.1. The Balaban J connectivity index is 4.35. The minimum absolute atomic E-state index is 0.0722. The summed E-state index contributed by atoms with van der Waals surface area (Å²) in [6, 6.07) is 0. The molecule has 0 fully saturated rings. The average molecular weight is 1110 g/mol. The zero-order valence-electron chi connectivity index (χ0n) is 52.9. The largest absolute Gasteiger partial charge is 0.462 e. The van der Waals surface area contributed by atoms with E-state index in [1.54, 1.807) is 0 Å². The van der Waals surface area contributed by atoms with Crippen molar-refractivity contribution in [2.75, 3.05) is 13.2 Å². The first-order valence-corrected chi connectivity index (χ1v) is 34.8. The van der Waals surface area contributed by atoms with Gasteiger partial charge < -0.3 is 14.2 Å². The van der Waals surface area contributed by atoms with Crippen LogP contribution in [0.4, 0.5) is 0 Å². The van der Waals surface area contributed by atoms with Crippen molar-refractivity contribution >= 4 is 17.9 Å². The van der Waals surface area contributed by atoms with Crippen LogP contribution in [0.5, 0.6) is 0 Å². The van der Waals surface area contributed by atoms with E-state index in [-0.39, 0.29) is 31.1 Å². The monoisotopic (exact) mass is 1110 g/mol. The van der Waals surface area contributed by atoms with Crippen molar-refractivity contribution in [2.45, 2.75) is 374 Å². The predicted octanol–water partition coefficient (Wildman–Crippen LogP) is 23.9. The second-order valence-corrected chi connectivity index (χ2v) is 23.4. The number of hydrogen-bond acceptors (Lipinski definition) is 6. The highest BCUT2D eigenvalue weighted by Crippen LogP contribution is 2.18. The lowest BCUT2D eigenvalue weighted by Crippen LogP contribution is -2.30. The van der Waals surface area contributed by atoms with Crippen LogP contribution >= 0.6 is 0 Å². The van der Waals surface area contributed by atoms with E-state index in [1.807, 2.05) is 0 Å². The average Bonchev–Trinajstić information content (AvgIpc) is 3.45. The van der Waals surface area contributed by atoms with Gasteiger partial charge in [-0.1, -0.05) is 345 Å². The molecule has 0 N–H and O–H groups in total. The van der Waals surface area contributed by atoms with E-state index in [0.717, 1.165) is 96.3 Å². The molecule has 0 aromatic heterocycles. The minimum Gasteiger partial charge on any atom is -0.462 e. The Morgan fingerprint density at radius 1 is 0.266 bits per heavy atom. The Hall–Kier alpha value is -2.89. The van der Waals surface area contributed by atoms with Gasteiger partial charge in [0.05, 0.1) is 0 Å². The molecule has 6 nitrogen and oxygen atoms in total. The standard InChI is InChI=1S/C73H132O6/c1-4-7-10-13-16-19-22-25-28-31-34-36-37-38-40-42-45-48-51-54-57-60-63-66-72(75)78-69-70(68-77-71(74)65-62-59-56-53-50-47-44-41-33-30-27-24-21-18-15-12-9-6-3)79-73(76)67-64-61-58-55-52-49-46-43-39-35-32-29-26-23-20-17-14-11-8-5-2/h7,10,16,19,25,28,34,36,38,40,70H,4-6,8-9,11-15,17-18,20-24,26-27,29-33,35,37,39,41-69H2,1-3H3/b10-7-,19-16-,28-25-,36-34-,40-38-. The fourth-order valence-electron chi connectivity index (χ4n) is 10.4. The van der Waals surface area contributed by atoms with Crippen LogP contribution in [0.25, 0.3) is 0 Å². The first-order valence-electron chi connectivity index (χ1n) is 34.8.